The summed E-state index contributed by atoms with van der Waals surface area (Å²) in [5.41, 5.74) is 2.03. The van der Waals surface area contributed by atoms with Crippen LogP contribution in [0.15, 0.2) is 11.5 Å². The Morgan fingerprint density at radius 1 is 0.830 bits per heavy atom. The number of rotatable bonds is 18. The van der Waals surface area contributed by atoms with Gasteiger partial charge in [-0.1, -0.05) is 0 Å². The molecule has 25 heteroatoms. The SMILES string of the molecule is O=C(NCCCS(=O)(=O)O)OCC(O)C1OC(=O)C(ON[C@@H](COC2[C@@H](O)[C@H](O)C(O)[C@H](O)[C@H]2O)C(=O)NCCCS(=O)(=O)O)=C1O. The van der Waals surface area contributed by atoms with Crippen LogP contribution in [0, 0.1) is 0 Å². The van der Waals surface area contributed by atoms with Gasteiger partial charge in [-0.15, -0.1) is 5.48 Å². The molecule has 2 rings (SSSR count). The summed E-state index contributed by atoms with van der Waals surface area (Å²) >= 11 is 0. The largest absolute Gasteiger partial charge is 0.505 e. The molecule has 0 aromatic heterocycles. The Hall–Kier alpha value is -2.95. The van der Waals surface area contributed by atoms with Gasteiger partial charge in [0.15, 0.2) is 11.9 Å². The molecule has 2 amide bonds. The maximum atomic E-state index is 12.8. The van der Waals surface area contributed by atoms with E-state index in [0.717, 1.165) is 0 Å². The summed E-state index contributed by atoms with van der Waals surface area (Å²) in [6.45, 7) is -2.31. The molecule has 272 valence electrons. The molecule has 9 atom stereocenters. The summed E-state index contributed by atoms with van der Waals surface area (Å²) in [6, 6.07) is -1.73. The van der Waals surface area contributed by atoms with E-state index in [1.54, 1.807) is 0 Å². The Morgan fingerprint density at radius 2 is 1.34 bits per heavy atom. The van der Waals surface area contributed by atoms with Crippen LogP contribution >= 0.6 is 0 Å². The van der Waals surface area contributed by atoms with Gasteiger partial charge >= 0.3 is 12.1 Å². The van der Waals surface area contributed by atoms with Gasteiger partial charge in [-0.2, -0.15) is 16.8 Å². The van der Waals surface area contributed by atoms with Crippen LogP contribution in [0.5, 0.6) is 0 Å². The molecule has 23 nitrogen and oxygen atoms in total. The van der Waals surface area contributed by atoms with Crippen LogP contribution in [-0.4, -0.2) is 172 Å². The van der Waals surface area contributed by atoms with E-state index in [1.165, 1.54) is 0 Å². The van der Waals surface area contributed by atoms with Crippen molar-refractivity contribution in [2.24, 2.45) is 0 Å². The molecule has 0 radical (unpaired) electrons. The molecule has 1 saturated carbocycles. The van der Waals surface area contributed by atoms with Crippen LogP contribution in [0.2, 0.25) is 0 Å². The van der Waals surface area contributed by atoms with E-state index < -0.39 is 129 Å². The van der Waals surface area contributed by atoms with Crippen LogP contribution in [0.1, 0.15) is 12.8 Å². The lowest BCUT2D eigenvalue weighted by molar-refractivity contribution is -0.237. The predicted octanol–water partition coefficient (Wildman–Crippen LogP) is -6.47. The first-order valence-corrected chi connectivity index (χ1v) is 16.8. The van der Waals surface area contributed by atoms with Crippen molar-refractivity contribution in [2.75, 3.05) is 37.8 Å². The van der Waals surface area contributed by atoms with Crippen molar-refractivity contribution in [3.63, 3.8) is 0 Å². The van der Waals surface area contributed by atoms with Gasteiger partial charge < -0.3 is 65.4 Å². The summed E-state index contributed by atoms with van der Waals surface area (Å²) in [5.74, 6) is -5.85. The Balaban J connectivity index is 2.05. The zero-order valence-electron chi connectivity index (χ0n) is 24.2. The number of carbonyl (C=O) groups excluding carboxylic acids is 3. The molecular weight excluding hydrogens is 690 g/mol. The minimum absolute atomic E-state index is 0.169. The van der Waals surface area contributed by atoms with Crippen LogP contribution in [0.3, 0.4) is 0 Å². The van der Waals surface area contributed by atoms with Crippen LogP contribution < -0.4 is 16.1 Å². The number of amides is 2. The Bertz CT molecular complexity index is 1330. The number of hydrogen-bond acceptors (Lipinski definition) is 19. The topological polar surface area (TPSA) is 375 Å². The van der Waals surface area contributed by atoms with Crippen LogP contribution in [0.4, 0.5) is 4.79 Å². The van der Waals surface area contributed by atoms with E-state index in [9.17, 15) is 67.0 Å². The first kappa shape index (κ1) is 40.2. The van der Waals surface area contributed by atoms with E-state index in [1.807, 2.05) is 5.48 Å². The fourth-order valence-electron chi connectivity index (χ4n) is 4.04. The maximum Gasteiger partial charge on any atom is 0.407 e. The lowest BCUT2D eigenvalue weighted by Gasteiger charge is -2.41. The minimum Gasteiger partial charge on any atom is -0.505 e. The fraction of sp³-hybridized carbons (Fsp3) is 0.773. The second-order valence-electron chi connectivity index (χ2n) is 10.2. The van der Waals surface area contributed by atoms with Crippen molar-refractivity contribution in [3.05, 3.63) is 11.5 Å². The van der Waals surface area contributed by atoms with E-state index >= 15 is 0 Å². The number of nitrogens with one attached hydrogen (secondary N) is 3. The molecule has 0 bridgehead atoms. The van der Waals surface area contributed by atoms with Gasteiger partial charge in [-0.25, -0.2) is 9.59 Å². The van der Waals surface area contributed by atoms with Crippen molar-refractivity contribution < 1.29 is 95.1 Å². The molecule has 1 aliphatic heterocycles. The van der Waals surface area contributed by atoms with Crippen molar-refractivity contribution in [2.45, 2.75) is 67.7 Å². The normalized spacial score (nSPS) is 27.9. The van der Waals surface area contributed by atoms with E-state index in [-0.39, 0.29) is 25.9 Å². The van der Waals surface area contributed by atoms with Crippen LogP contribution in [-0.2, 0) is 48.9 Å². The number of alkyl carbamates (subject to hydrolysis) is 1. The average molecular weight is 728 g/mol. The number of hydroxylamine groups is 1. The van der Waals surface area contributed by atoms with Gasteiger partial charge in [0.05, 0.1) is 18.1 Å². The molecule has 0 aromatic rings. The highest BCUT2D eigenvalue weighted by Crippen LogP contribution is 2.25. The van der Waals surface area contributed by atoms with Gasteiger partial charge in [0, 0.05) is 13.1 Å². The summed E-state index contributed by atoms with van der Waals surface area (Å²) < 4.78 is 75.4. The third-order valence-electron chi connectivity index (χ3n) is 6.53. The van der Waals surface area contributed by atoms with Crippen molar-refractivity contribution in [3.8, 4) is 0 Å². The molecule has 0 saturated heterocycles. The third-order valence-corrected chi connectivity index (χ3v) is 8.14. The Labute approximate surface area is 266 Å². The van der Waals surface area contributed by atoms with Gasteiger partial charge in [0.1, 0.15) is 55.4 Å². The molecule has 0 aromatic carbocycles. The van der Waals surface area contributed by atoms with Gasteiger partial charge in [-0.3, -0.25) is 13.9 Å². The zero-order valence-corrected chi connectivity index (χ0v) is 25.8. The molecule has 12 N–H and O–H groups in total. The number of carbonyl (C=O) groups is 3. The highest BCUT2D eigenvalue weighted by molar-refractivity contribution is 7.86. The molecule has 0 spiro atoms. The Morgan fingerprint density at radius 3 is 1.87 bits per heavy atom. The summed E-state index contributed by atoms with van der Waals surface area (Å²) in [7, 11) is -8.62. The van der Waals surface area contributed by atoms with Gasteiger partial charge in [-0.05, 0) is 12.8 Å². The first-order chi connectivity index (χ1) is 21.7. The van der Waals surface area contributed by atoms with Crippen molar-refractivity contribution in [1.29, 1.82) is 0 Å². The number of aliphatic hydroxyl groups is 7. The monoisotopic (exact) mass is 727 g/mol. The van der Waals surface area contributed by atoms with Crippen molar-refractivity contribution in [1.82, 2.24) is 16.1 Å². The number of hydrogen-bond donors (Lipinski definition) is 12. The molecule has 47 heavy (non-hydrogen) atoms. The molecular formula is C22H37N3O20S2. The van der Waals surface area contributed by atoms with Gasteiger partial charge in [0.2, 0.25) is 5.91 Å². The highest BCUT2D eigenvalue weighted by Gasteiger charge is 2.49. The smallest absolute Gasteiger partial charge is 0.407 e. The van der Waals surface area contributed by atoms with Crippen LogP contribution in [0.25, 0.3) is 0 Å². The second-order valence-corrected chi connectivity index (χ2v) is 13.4. The van der Waals surface area contributed by atoms with E-state index in [0.29, 0.717) is 0 Å². The highest BCUT2D eigenvalue weighted by atomic mass is 32.2. The number of cyclic esters (lactones) is 1. The number of ether oxygens (including phenoxy) is 3. The van der Waals surface area contributed by atoms with E-state index in [2.05, 4.69) is 15.4 Å². The molecule has 1 heterocycles. The number of esters is 1. The summed E-state index contributed by atoms with van der Waals surface area (Å²) in [5, 5.41) is 74.9. The molecule has 1 fully saturated rings. The molecule has 2 aliphatic rings. The van der Waals surface area contributed by atoms with Crippen molar-refractivity contribution >= 4 is 38.2 Å². The molecule has 4 unspecified atom stereocenters. The maximum absolute atomic E-state index is 12.8. The Kier molecular flexibility index (Phi) is 14.9. The quantitative estimate of drug-likeness (QED) is 0.0270. The summed E-state index contributed by atoms with van der Waals surface area (Å²) in [4.78, 5) is 41.8. The minimum atomic E-state index is -4.36. The lowest BCUT2D eigenvalue weighted by Crippen LogP contribution is -2.64. The lowest BCUT2D eigenvalue weighted by atomic mass is 9.85. The predicted molar refractivity (Wildman–Crippen MR) is 148 cm³/mol. The van der Waals surface area contributed by atoms with E-state index in [4.69, 9.17) is 23.4 Å². The average Bonchev–Trinajstić information content (AvgIpc) is 3.27. The first-order valence-electron chi connectivity index (χ1n) is 13.6. The van der Waals surface area contributed by atoms with Gasteiger partial charge in [0.25, 0.3) is 26.0 Å². The zero-order chi connectivity index (χ0) is 35.7. The standard InChI is InChI=1S/C22H37N3O20S2/c26-10(8-43-22(35)24-4-2-6-47(39,40)41)17-16(32)19(21(34)44-17)45-25-9(20(33)23-3-1-5-46(36,37)38)7-42-18-14(30)12(28)11(27)13(29)15(18)31/h9-15,17-18,25-32H,1-8H2,(H,23,33)(H,24,35)(H,36,37,38)(H,39,40,41)/t9-,10?,11?,12-,13+,14+,15-,17?,18?/m0/s1. The third kappa shape index (κ3) is 12.5. The second kappa shape index (κ2) is 17.4. The molecule has 1 aliphatic carbocycles. The number of aliphatic hydroxyl groups excluding tert-OH is 7. The fourth-order valence-corrected chi connectivity index (χ4v) is 5.06. The summed E-state index contributed by atoms with van der Waals surface area (Å²) in [6.07, 6.45) is -16.9.